The van der Waals surface area contributed by atoms with Gasteiger partial charge in [0.15, 0.2) is 12.2 Å². The summed E-state index contributed by atoms with van der Waals surface area (Å²) in [5, 5.41) is 10.7. The fourth-order valence-corrected chi connectivity index (χ4v) is 14.3. The van der Waals surface area contributed by atoms with Gasteiger partial charge in [0.25, 0.3) is 0 Å². The zero-order valence-electron chi connectivity index (χ0n) is 67.2. The van der Waals surface area contributed by atoms with Gasteiger partial charge in [-0.25, -0.2) is 9.13 Å². The maximum Gasteiger partial charge on any atom is 0.472 e. The van der Waals surface area contributed by atoms with Crippen LogP contribution < -0.4 is 0 Å². The Kier molecular flexibility index (Phi) is 70.6. The lowest BCUT2D eigenvalue weighted by molar-refractivity contribution is -0.161. The summed E-state index contributed by atoms with van der Waals surface area (Å²) in [7, 11) is -9.92. The topological polar surface area (TPSA) is 237 Å². The molecule has 0 heterocycles. The standard InChI is InChI=1S/C83H162O17P2/c1-9-75(7)61-53-45-37-31-24-20-15-13-11-12-14-16-21-25-33-39-49-57-66-83(88)100-79(70-94-81(86)64-56-48-42-41-46-54-62-76(8)10-2)72-98-102(91,92)96-68-77(84)67-95-101(89,90)97-71-78(69-93-80(85)63-55-47-38-32-28-27-30-36-44-52-60-74(5)6)99-82(87)65-58-50-40-34-26-22-18-17-19-23-29-35-43-51-59-73(3)4/h73-79,84H,9-72H2,1-8H3,(H,89,90)(H,91,92)/t75?,76?,77-,78-,79-/m1/s1. The second-order valence-electron chi connectivity index (χ2n) is 31.3. The van der Waals surface area contributed by atoms with Gasteiger partial charge in [-0.3, -0.25) is 37.3 Å². The maximum atomic E-state index is 13.1. The van der Waals surface area contributed by atoms with Crippen LogP contribution in [0, 0.1) is 23.7 Å². The number of carbonyl (C=O) groups is 4. The average Bonchev–Trinajstić information content (AvgIpc) is 0.907. The third-order valence-corrected chi connectivity index (χ3v) is 21.9. The molecule has 0 spiro atoms. The van der Waals surface area contributed by atoms with E-state index in [9.17, 15) is 43.2 Å². The predicted octanol–water partition coefficient (Wildman–Crippen LogP) is 24.8. The van der Waals surface area contributed by atoms with E-state index in [1.165, 1.54) is 225 Å². The van der Waals surface area contributed by atoms with Crippen LogP contribution in [-0.4, -0.2) is 96.7 Å². The monoisotopic (exact) mass is 1490 g/mol. The van der Waals surface area contributed by atoms with E-state index < -0.39 is 97.5 Å². The van der Waals surface area contributed by atoms with Crippen molar-refractivity contribution in [2.45, 2.75) is 446 Å². The summed E-state index contributed by atoms with van der Waals surface area (Å²) >= 11 is 0. The Morgan fingerprint density at radius 3 is 0.696 bits per heavy atom. The van der Waals surface area contributed by atoms with Crippen molar-refractivity contribution in [1.29, 1.82) is 0 Å². The molecule has 3 N–H and O–H groups in total. The van der Waals surface area contributed by atoms with E-state index in [-0.39, 0.29) is 25.7 Å². The van der Waals surface area contributed by atoms with Crippen molar-refractivity contribution in [3.05, 3.63) is 0 Å². The van der Waals surface area contributed by atoms with Crippen molar-refractivity contribution in [3.8, 4) is 0 Å². The number of esters is 4. The zero-order chi connectivity index (χ0) is 75.3. The largest absolute Gasteiger partial charge is 0.472 e. The zero-order valence-corrected chi connectivity index (χ0v) is 69.0. The summed E-state index contributed by atoms with van der Waals surface area (Å²) in [6.45, 7) is 14.3. The fraction of sp³-hybridized carbons (Fsp3) is 0.952. The number of aliphatic hydroxyl groups is 1. The number of hydrogen-bond donors (Lipinski definition) is 3. The summed E-state index contributed by atoms with van der Waals surface area (Å²) in [5.41, 5.74) is 0. The molecule has 4 unspecified atom stereocenters. The van der Waals surface area contributed by atoms with E-state index >= 15 is 0 Å². The van der Waals surface area contributed by atoms with E-state index in [2.05, 4.69) is 55.4 Å². The van der Waals surface area contributed by atoms with Crippen LogP contribution >= 0.6 is 15.6 Å². The molecule has 0 aromatic rings. The highest BCUT2D eigenvalue weighted by Gasteiger charge is 2.30. The highest BCUT2D eigenvalue weighted by Crippen LogP contribution is 2.45. The number of hydrogen-bond acceptors (Lipinski definition) is 15. The maximum absolute atomic E-state index is 13.1. The second-order valence-corrected chi connectivity index (χ2v) is 34.2. The summed E-state index contributed by atoms with van der Waals surface area (Å²) < 4.78 is 68.8. The quantitative estimate of drug-likeness (QED) is 0.0222. The SMILES string of the molecule is CCC(C)CCCCCCCCCCCCCCCCCCCCC(=O)O[C@H](COC(=O)CCCCCCCCC(C)CC)COP(=O)(O)OC[C@H](O)COP(=O)(O)OC[C@@H](COC(=O)CCCCCCCCCCCCC(C)C)OC(=O)CCCCCCCCCCCCCCCCC(C)C. The van der Waals surface area contributed by atoms with Crippen molar-refractivity contribution in [2.24, 2.45) is 23.7 Å². The number of carbonyl (C=O) groups excluding carboxylic acids is 4. The van der Waals surface area contributed by atoms with Crippen molar-refractivity contribution in [2.75, 3.05) is 39.6 Å². The van der Waals surface area contributed by atoms with Gasteiger partial charge in [0.05, 0.1) is 26.4 Å². The molecule has 0 bridgehead atoms. The van der Waals surface area contributed by atoms with Crippen LogP contribution in [0.3, 0.4) is 0 Å². The van der Waals surface area contributed by atoms with Crippen molar-refractivity contribution < 1.29 is 80.2 Å². The Balaban J connectivity index is 5.20. The molecule has 7 atom stereocenters. The first kappa shape index (κ1) is 100. The van der Waals surface area contributed by atoms with E-state index in [4.69, 9.17) is 37.0 Å². The predicted molar refractivity (Wildman–Crippen MR) is 418 cm³/mol. The van der Waals surface area contributed by atoms with Gasteiger partial charge in [-0.2, -0.15) is 0 Å². The molecule has 0 saturated carbocycles. The molecule has 0 amide bonds. The highest BCUT2D eigenvalue weighted by atomic mass is 31.2. The minimum Gasteiger partial charge on any atom is -0.462 e. The lowest BCUT2D eigenvalue weighted by atomic mass is 9.99. The third kappa shape index (κ3) is 73.6. The van der Waals surface area contributed by atoms with Crippen LogP contribution in [0.25, 0.3) is 0 Å². The second kappa shape index (κ2) is 72.0. The number of phosphoric acid groups is 2. The molecular formula is C83H162O17P2. The molecule has 0 aliphatic rings. The lowest BCUT2D eigenvalue weighted by Crippen LogP contribution is -2.30. The Bertz CT molecular complexity index is 1990. The molecule has 0 saturated heterocycles. The first-order valence-electron chi connectivity index (χ1n) is 42.8. The molecule has 102 heavy (non-hydrogen) atoms. The number of ether oxygens (including phenoxy) is 4. The van der Waals surface area contributed by atoms with Gasteiger partial charge < -0.3 is 33.8 Å². The number of rotatable bonds is 80. The fourth-order valence-electron chi connectivity index (χ4n) is 12.7. The molecule has 0 rings (SSSR count). The van der Waals surface area contributed by atoms with Crippen LogP contribution in [0.1, 0.15) is 428 Å². The minimum atomic E-state index is -4.96. The Labute approximate surface area is 626 Å². The molecule has 19 heteroatoms. The Morgan fingerprint density at radius 2 is 0.471 bits per heavy atom. The number of phosphoric ester groups is 2. The third-order valence-electron chi connectivity index (χ3n) is 20.0. The normalized spacial score (nSPS) is 14.5. The van der Waals surface area contributed by atoms with Gasteiger partial charge in [-0.1, -0.05) is 376 Å². The molecule has 0 aromatic heterocycles. The van der Waals surface area contributed by atoms with Gasteiger partial charge in [-0.15, -0.1) is 0 Å². The van der Waals surface area contributed by atoms with Crippen molar-refractivity contribution in [3.63, 3.8) is 0 Å². The van der Waals surface area contributed by atoms with E-state index in [0.29, 0.717) is 25.7 Å². The first-order chi connectivity index (χ1) is 49.2. The average molecular weight is 1490 g/mol. The van der Waals surface area contributed by atoms with Gasteiger partial charge in [0, 0.05) is 25.7 Å². The molecule has 0 aliphatic carbocycles. The van der Waals surface area contributed by atoms with Crippen LogP contribution in [0.15, 0.2) is 0 Å². The Morgan fingerprint density at radius 1 is 0.275 bits per heavy atom. The highest BCUT2D eigenvalue weighted by molar-refractivity contribution is 7.47. The molecular weight excluding hydrogens is 1330 g/mol. The van der Waals surface area contributed by atoms with Crippen molar-refractivity contribution in [1.82, 2.24) is 0 Å². The van der Waals surface area contributed by atoms with Gasteiger partial charge in [-0.05, 0) is 49.4 Å². The first-order valence-corrected chi connectivity index (χ1v) is 45.8. The van der Waals surface area contributed by atoms with Gasteiger partial charge in [0.1, 0.15) is 19.3 Å². The van der Waals surface area contributed by atoms with Crippen LogP contribution in [0.5, 0.6) is 0 Å². The van der Waals surface area contributed by atoms with E-state index in [0.717, 1.165) is 120 Å². The van der Waals surface area contributed by atoms with Crippen LogP contribution in [0.2, 0.25) is 0 Å². The van der Waals surface area contributed by atoms with E-state index in [1.807, 2.05) is 0 Å². The Hall–Kier alpha value is -1.94. The van der Waals surface area contributed by atoms with Gasteiger partial charge >= 0.3 is 39.5 Å². The molecule has 0 aromatic carbocycles. The van der Waals surface area contributed by atoms with E-state index in [1.54, 1.807) is 0 Å². The summed E-state index contributed by atoms with van der Waals surface area (Å²) in [6.07, 6.45) is 59.7. The number of aliphatic hydroxyl groups excluding tert-OH is 1. The minimum absolute atomic E-state index is 0.107. The van der Waals surface area contributed by atoms with Crippen LogP contribution in [0.4, 0.5) is 0 Å². The summed E-state index contributed by atoms with van der Waals surface area (Å²) in [5.74, 6) is 1.04. The molecule has 0 aliphatic heterocycles. The summed E-state index contributed by atoms with van der Waals surface area (Å²) in [6, 6.07) is 0. The lowest BCUT2D eigenvalue weighted by Gasteiger charge is -2.21. The van der Waals surface area contributed by atoms with Crippen molar-refractivity contribution >= 4 is 39.5 Å². The van der Waals surface area contributed by atoms with Crippen LogP contribution in [-0.2, 0) is 65.4 Å². The molecule has 0 fully saturated rings. The smallest absolute Gasteiger partial charge is 0.462 e. The number of unbranched alkanes of at least 4 members (excludes halogenated alkanes) is 44. The van der Waals surface area contributed by atoms with Gasteiger partial charge in [0.2, 0.25) is 0 Å². The molecule has 17 nitrogen and oxygen atoms in total. The summed E-state index contributed by atoms with van der Waals surface area (Å²) in [4.78, 5) is 73.1. The molecule has 606 valence electrons. The molecule has 0 radical (unpaired) electrons.